The summed E-state index contributed by atoms with van der Waals surface area (Å²) in [6.07, 6.45) is 2.13. The zero-order valence-corrected chi connectivity index (χ0v) is 7.65. The van der Waals surface area contributed by atoms with Crippen molar-refractivity contribution in [1.82, 2.24) is 0 Å². The van der Waals surface area contributed by atoms with Gasteiger partial charge >= 0.3 is 5.97 Å². The Kier molecular flexibility index (Phi) is 2.00. The molecule has 0 aromatic rings. The molecule has 4 heteroatoms. The largest absolute Gasteiger partial charge is 0.501 e. The third-order valence-electron chi connectivity index (χ3n) is 2.61. The molecular weight excluding hydrogens is 172 g/mol. The smallest absolute Gasteiger partial charge is 0.312 e. The molecule has 1 heterocycles. The molecule has 0 bridgehead atoms. The SMILES string of the molecule is COC1=CC2C(OC)OC(=O)C2C1. The predicted molar refractivity (Wildman–Crippen MR) is 43.6 cm³/mol. The van der Waals surface area contributed by atoms with Gasteiger partial charge in [-0.3, -0.25) is 4.79 Å². The Bertz CT molecular complexity index is 258. The molecule has 3 atom stereocenters. The molecule has 1 saturated heterocycles. The van der Waals surface area contributed by atoms with Gasteiger partial charge in [0.1, 0.15) is 0 Å². The Hall–Kier alpha value is -1.03. The molecule has 4 nitrogen and oxygen atoms in total. The Labute approximate surface area is 76.5 Å². The van der Waals surface area contributed by atoms with E-state index in [9.17, 15) is 4.79 Å². The molecule has 1 aliphatic carbocycles. The van der Waals surface area contributed by atoms with Gasteiger partial charge in [0.05, 0.1) is 24.7 Å². The highest BCUT2D eigenvalue weighted by Gasteiger charge is 2.47. The van der Waals surface area contributed by atoms with Crippen molar-refractivity contribution >= 4 is 5.97 Å². The molecule has 1 aliphatic heterocycles. The van der Waals surface area contributed by atoms with Crippen molar-refractivity contribution in [3.63, 3.8) is 0 Å². The third kappa shape index (κ3) is 1.21. The summed E-state index contributed by atoms with van der Waals surface area (Å²) >= 11 is 0. The molecule has 0 spiro atoms. The molecule has 0 amide bonds. The maximum absolute atomic E-state index is 11.3. The molecular formula is C9H12O4. The van der Waals surface area contributed by atoms with E-state index in [1.54, 1.807) is 14.2 Å². The predicted octanol–water partition coefficient (Wildman–Crippen LogP) is 0.682. The maximum atomic E-state index is 11.3. The van der Waals surface area contributed by atoms with Crippen LogP contribution >= 0.6 is 0 Å². The van der Waals surface area contributed by atoms with Gasteiger partial charge in [-0.05, 0) is 6.08 Å². The minimum Gasteiger partial charge on any atom is -0.501 e. The third-order valence-corrected chi connectivity index (χ3v) is 2.61. The van der Waals surface area contributed by atoms with Crippen molar-refractivity contribution in [3.8, 4) is 0 Å². The molecule has 2 aliphatic rings. The summed E-state index contributed by atoms with van der Waals surface area (Å²) in [6.45, 7) is 0. The normalized spacial score (nSPS) is 36.9. The average Bonchev–Trinajstić information content (AvgIpc) is 2.66. The summed E-state index contributed by atoms with van der Waals surface area (Å²) in [7, 11) is 3.15. The van der Waals surface area contributed by atoms with Crippen LogP contribution < -0.4 is 0 Å². The lowest BCUT2D eigenvalue weighted by Gasteiger charge is -2.10. The monoisotopic (exact) mass is 184 g/mol. The minimum atomic E-state index is -0.426. The molecule has 72 valence electrons. The van der Waals surface area contributed by atoms with Crippen molar-refractivity contribution in [2.24, 2.45) is 11.8 Å². The lowest BCUT2D eigenvalue weighted by molar-refractivity contribution is -0.161. The molecule has 0 aromatic carbocycles. The zero-order chi connectivity index (χ0) is 9.42. The number of fused-ring (bicyclic) bond motifs is 1. The number of methoxy groups -OCH3 is 2. The number of cyclic esters (lactones) is 1. The molecule has 0 aromatic heterocycles. The van der Waals surface area contributed by atoms with Crippen LogP contribution in [0.25, 0.3) is 0 Å². The van der Waals surface area contributed by atoms with Crippen molar-refractivity contribution in [2.75, 3.05) is 14.2 Å². The summed E-state index contributed by atoms with van der Waals surface area (Å²) in [6, 6.07) is 0. The lowest BCUT2D eigenvalue weighted by Crippen LogP contribution is -2.17. The number of hydrogen-bond donors (Lipinski definition) is 0. The van der Waals surface area contributed by atoms with Gasteiger partial charge < -0.3 is 14.2 Å². The van der Waals surface area contributed by atoms with E-state index >= 15 is 0 Å². The second-order valence-corrected chi connectivity index (χ2v) is 3.27. The van der Waals surface area contributed by atoms with Gasteiger partial charge in [0.15, 0.2) is 0 Å². The quantitative estimate of drug-likeness (QED) is 0.592. The van der Waals surface area contributed by atoms with Crippen LogP contribution in [0.1, 0.15) is 6.42 Å². The second-order valence-electron chi connectivity index (χ2n) is 3.27. The van der Waals surface area contributed by atoms with E-state index in [4.69, 9.17) is 14.2 Å². The summed E-state index contributed by atoms with van der Waals surface area (Å²) < 4.78 is 15.1. The molecule has 2 rings (SSSR count). The van der Waals surface area contributed by atoms with Crippen molar-refractivity contribution in [2.45, 2.75) is 12.7 Å². The van der Waals surface area contributed by atoms with E-state index in [0.717, 1.165) is 5.76 Å². The van der Waals surface area contributed by atoms with E-state index in [1.165, 1.54) is 0 Å². The van der Waals surface area contributed by atoms with Crippen LogP contribution in [0.4, 0.5) is 0 Å². The minimum absolute atomic E-state index is 0.0347. The van der Waals surface area contributed by atoms with E-state index < -0.39 is 6.29 Å². The number of esters is 1. The highest BCUT2D eigenvalue weighted by molar-refractivity contribution is 5.76. The van der Waals surface area contributed by atoms with Crippen LogP contribution in [0, 0.1) is 11.8 Å². The van der Waals surface area contributed by atoms with Crippen molar-refractivity contribution in [1.29, 1.82) is 0 Å². The Balaban J connectivity index is 2.17. The highest BCUT2D eigenvalue weighted by Crippen LogP contribution is 2.40. The topological polar surface area (TPSA) is 44.8 Å². The fourth-order valence-electron chi connectivity index (χ4n) is 1.90. The van der Waals surface area contributed by atoms with Crippen LogP contribution in [0.5, 0.6) is 0 Å². The van der Waals surface area contributed by atoms with E-state index in [2.05, 4.69) is 0 Å². The number of hydrogen-bond acceptors (Lipinski definition) is 4. The first-order valence-corrected chi connectivity index (χ1v) is 4.24. The van der Waals surface area contributed by atoms with E-state index in [-0.39, 0.29) is 17.8 Å². The van der Waals surface area contributed by atoms with Gasteiger partial charge in [-0.2, -0.15) is 0 Å². The number of allylic oxidation sites excluding steroid dienone is 1. The van der Waals surface area contributed by atoms with Gasteiger partial charge in [0.25, 0.3) is 0 Å². The highest BCUT2D eigenvalue weighted by atomic mass is 16.7. The summed E-state index contributed by atoms with van der Waals surface area (Å²) in [5.74, 6) is 0.612. The molecule has 0 saturated carbocycles. The average molecular weight is 184 g/mol. The van der Waals surface area contributed by atoms with Gasteiger partial charge in [-0.15, -0.1) is 0 Å². The second kappa shape index (κ2) is 3.03. The van der Waals surface area contributed by atoms with Crippen LogP contribution in [0.3, 0.4) is 0 Å². The Morgan fingerprint density at radius 3 is 2.92 bits per heavy atom. The summed E-state index contributed by atoms with van der Waals surface area (Å²) in [5, 5.41) is 0. The fourth-order valence-corrected chi connectivity index (χ4v) is 1.90. The first-order chi connectivity index (χ1) is 6.26. The van der Waals surface area contributed by atoms with Crippen molar-refractivity contribution < 1.29 is 19.0 Å². The van der Waals surface area contributed by atoms with Gasteiger partial charge in [0.2, 0.25) is 6.29 Å². The van der Waals surface area contributed by atoms with Gasteiger partial charge in [-0.25, -0.2) is 0 Å². The Morgan fingerprint density at radius 1 is 1.54 bits per heavy atom. The van der Waals surface area contributed by atoms with Crippen molar-refractivity contribution in [3.05, 3.63) is 11.8 Å². The maximum Gasteiger partial charge on any atom is 0.312 e. The molecule has 0 radical (unpaired) electrons. The van der Waals surface area contributed by atoms with Crippen LogP contribution in [0.2, 0.25) is 0 Å². The summed E-state index contributed by atoms with van der Waals surface area (Å²) in [4.78, 5) is 11.3. The number of ether oxygens (including phenoxy) is 3. The molecule has 0 N–H and O–H groups in total. The standard InChI is InChI=1S/C9H12O4/c1-11-5-3-6-7(4-5)9(12-2)13-8(6)10/h4,6-7,9H,3H2,1-2H3. The zero-order valence-electron chi connectivity index (χ0n) is 7.65. The first kappa shape index (κ1) is 8.56. The van der Waals surface area contributed by atoms with Gasteiger partial charge in [-0.1, -0.05) is 0 Å². The number of carbonyl (C=O) groups excluding carboxylic acids is 1. The van der Waals surface area contributed by atoms with Crippen LogP contribution in [-0.2, 0) is 19.0 Å². The lowest BCUT2D eigenvalue weighted by atomic mass is 9.98. The molecule has 3 unspecified atom stereocenters. The van der Waals surface area contributed by atoms with Gasteiger partial charge in [0, 0.05) is 13.5 Å². The van der Waals surface area contributed by atoms with E-state index in [1.807, 2.05) is 6.08 Å². The van der Waals surface area contributed by atoms with E-state index in [0.29, 0.717) is 6.42 Å². The number of carbonyl (C=O) groups is 1. The molecule has 13 heavy (non-hydrogen) atoms. The van der Waals surface area contributed by atoms with Crippen LogP contribution in [-0.4, -0.2) is 26.5 Å². The fraction of sp³-hybridized carbons (Fsp3) is 0.667. The first-order valence-electron chi connectivity index (χ1n) is 4.24. The Morgan fingerprint density at radius 2 is 2.31 bits per heavy atom. The van der Waals surface area contributed by atoms with Crippen LogP contribution in [0.15, 0.2) is 11.8 Å². The molecule has 1 fully saturated rings. The summed E-state index contributed by atoms with van der Waals surface area (Å²) in [5.41, 5.74) is 0. The number of rotatable bonds is 2.